The van der Waals surface area contributed by atoms with E-state index in [0.29, 0.717) is 19.5 Å². The first kappa shape index (κ1) is 11.9. The Morgan fingerprint density at radius 1 is 1.31 bits per heavy atom. The largest absolute Gasteiger partial charge is 0.278 e. The molecule has 0 saturated heterocycles. The minimum atomic E-state index is 0.101. The molecule has 0 fully saturated rings. The Kier molecular flexibility index (Phi) is 5.89. The molecular formula is C10H18N2O. The van der Waals surface area contributed by atoms with E-state index in [2.05, 4.69) is 13.2 Å². The van der Waals surface area contributed by atoms with E-state index in [9.17, 15) is 4.79 Å². The van der Waals surface area contributed by atoms with Crippen LogP contribution in [0.15, 0.2) is 25.3 Å². The van der Waals surface area contributed by atoms with Gasteiger partial charge >= 0.3 is 0 Å². The summed E-state index contributed by atoms with van der Waals surface area (Å²) in [4.78, 5) is 11.3. The zero-order chi connectivity index (χ0) is 10.3. The molecule has 3 heteroatoms. The van der Waals surface area contributed by atoms with Gasteiger partial charge in [0.2, 0.25) is 5.91 Å². The molecule has 0 heterocycles. The Morgan fingerprint density at radius 3 is 2.08 bits per heavy atom. The number of hydrogen-bond donors (Lipinski definition) is 0. The van der Waals surface area contributed by atoms with Crippen molar-refractivity contribution in [2.75, 3.05) is 20.1 Å². The minimum Gasteiger partial charge on any atom is -0.278 e. The normalized spacial score (nSPS) is 9.77. The van der Waals surface area contributed by atoms with Gasteiger partial charge in [-0.2, -0.15) is 0 Å². The highest BCUT2D eigenvalue weighted by atomic mass is 16.2. The van der Waals surface area contributed by atoms with Crippen molar-refractivity contribution in [3.05, 3.63) is 25.3 Å². The summed E-state index contributed by atoms with van der Waals surface area (Å²) in [5.74, 6) is 0.101. The van der Waals surface area contributed by atoms with Crippen LogP contribution in [0.4, 0.5) is 0 Å². The third-order valence-electron chi connectivity index (χ3n) is 1.77. The van der Waals surface area contributed by atoms with Crippen molar-refractivity contribution in [1.82, 2.24) is 10.0 Å². The second-order valence-corrected chi connectivity index (χ2v) is 2.72. The second kappa shape index (κ2) is 6.43. The van der Waals surface area contributed by atoms with E-state index in [4.69, 9.17) is 0 Å². The van der Waals surface area contributed by atoms with Crippen molar-refractivity contribution >= 4 is 5.91 Å². The van der Waals surface area contributed by atoms with Crippen LogP contribution in [-0.2, 0) is 4.79 Å². The van der Waals surface area contributed by atoms with Crippen LogP contribution < -0.4 is 0 Å². The van der Waals surface area contributed by atoms with Gasteiger partial charge in [0, 0.05) is 26.6 Å². The smallest absolute Gasteiger partial charge is 0.236 e. The molecule has 0 aromatic heterocycles. The molecule has 0 aromatic rings. The molecule has 0 aliphatic heterocycles. The highest BCUT2D eigenvalue weighted by Crippen LogP contribution is 1.98. The van der Waals surface area contributed by atoms with E-state index in [1.807, 2.05) is 11.9 Å². The number of carbonyl (C=O) groups excluding carboxylic acids is 1. The molecule has 0 bridgehead atoms. The van der Waals surface area contributed by atoms with Crippen LogP contribution >= 0.6 is 0 Å². The lowest BCUT2D eigenvalue weighted by Crippen LogP contribution is -2.43. The lowest BCUT2D eigenvalue weighted by atomic mass is 10.4. The zero-order valence-corrected chi connectivity index (χ0v) is 8.49. The molecule has 13 heavy (non-hydrogen) atoms. The fraction of sp³-hybridized carbons (Fsp3) is 0.500. The van der Waals surface area contributed by atoms with Gasteiger partial charge in [0.05, 0.1) is 0 Å². The quantitative estimate of drug-likeness (QED) is 0.458. The monoisotopic (exact) mass is 182 g/mol. The zero-order valence-electron chi connectivity index (χ0n) is 8.49. The Balaban J connectivity index is 4.24. The predicted octanol–water partition coefficient (Wildman–Crippen LogP) is 1.44. The Morgan fingerprint density at radius 2 is 1.77 bits per heavy atom. The van der Waals surface area contributed by atoms with Crippen LogP contribution in [0.25, 0.3) is 0 Å². The highest BCUT2D eigenvalue weighted by molar-refractivity contribution is 5.74. The summed E-state index contributed by atoms with van der Waals surface area (Å²) in [7, 11) is 1.76. The Labute approximate surface area is 80.3 Å². The first-order valence-electron chi connectivity index (χ1n) is 4.40. The number of rotatable bonds is 6. The molecular weight excluding hydrogens is 164 g/mol. The summed E-state index contributed by atoms with van der Waals surface area (Å²) in [6.45, 7) is 10.4. The summed E-state index contributed by atoms with van der Waals surface area (Å²) >= 11 is 0. The average Bonchev–Trinajstić information content (AvgIpc) is 2.15. The van der Waals surface area contributed by atoms with Gasteiger partial charge in [-0.25, -0.2) is 5.01 Å². The highest BCUT2D eigenvalue weighted by Gasteiger charge is 2.12. The third-order valence-corrected chi connectivity index (χ3v) is 1.77. The maximum Gasteiger partial charge on any atom is 0.236 e. The van der Waals surface area contributed by atoms with Gasteiger partial charge in [-0.05, 0) is 0 Å². The maximum atomic E-state index is 11.3. The summed E-state index contributed by atoms with van der Waals surface area (Å²) in [6, 6.07) is 0. The minimum absolute atomic E-state index is 0.101. The predicted molar refractivity (Wildman–Crippen MR) is 55.0 cm³/mol. The molecule has 0 aliphatic rings. The molecule has 0 spiro atoms. The van der Waals surface area contributed by atoms with E-state index in [0.717, 1.165) is 0 Å². The van der Waals surface area contributed by atoms with Crippen molar-refractivity contribution in [3.8, 4) is 0 Å². The SMILES string of the molecule is C=CCN(CC=C)N(C)C(=O)CC. The van der Waals surface area contributed by atoms with Crippen LogP contribution in [0.1, 0.15) is 13.3 Å². The van der Waals surface area contributed by atoms with Crippen molar-refractivity contribution in [2.24, 2.45) is 0 Å². The van der Waals surface area contributed by atoms with E-state index in [1.165, 1.54) is 0 Å². The summed E-state index contributed by atoms with van der Waals surface area (Å²) in [5.41, 5.74) is 0. The molecule has 0 aromatic carbocycles. The van der Waals surface area contributed by atoms with Gasteiger partial charge in [0.25, 0.3) is 0 Å². The molecule has 0 rings (SSSR count). The molecule has 0 unspecified atom stereocenters. The Bertz CT molecular complexity index is 179. The van der Waals surface area contributed by atoms with E-state index < -0.39 is 0 Å². The van der Waals surface area contributed by atoms with E-state index in [-0.39, 0.29) is 5.91 Å². The number of carbonyl (C=O) groups is 1. The fourth-order valence-corrected chi connectivity index (χ4v) is 1.00. The Hall–Kier alpha value is -1.09. The van der Waals surface area contributed by atoms with Crippen molar-refractivity contribution in [2.45, 2.75) is 13.3 Å². The van der Waals surface area contributed by atoms with Crippen LogP contribution in [0.3, 0.4) is 0 Å². The lowest BCUT2D eigenvalue weighted by molar-refractivity contribution is -0.143. The first-order valence-corrected chi connectivity index (χ1v) is 4.40. The van der Waals surface area contributed by atoms with Gasteiger partial charge in [-0.3, -0.25) is 9.80 Å². The van der Waals surface area contributed by atoms with E-state index in [1.54, 1.807) is 24.2 Å². The van der Waals surface area contributed by atoms with Crippen LogP contribution in [-0.4, -0.2) is 36.1 Å². The summed E-state index contributed by atoms with van der Waals surface area (Å²) in [5, 5.41) is 3.50. The van der Waals surface area contributed by atoms with Crippen LogP contribution in [0, 0.1) is 0 Å². The summed E-state index contributed by atoms with van der Waals surface area (Å²) in [6.07, 6.45) is 4.05. The lowest BCUT2D eigenvalue weighted by Gasteiger charge is -2.29. The average molecular weight is 182 g/mol. The molecule has 1 amide bonds. The number of nitrogens with zero attached hydrogens (tertiary/aromatic N) is 2. The van der Waals surface area contributed by atoms with Gasteiger partial charge < -0.3 is 0 Å². The molecule has 3 nitrogen and oxygen atoms in total. The number of hydrogen-bond acceptors (Lipinski definition) is 2. The number of amides is 1. The van der Waals surface area contributed by atoms with Gasteiger partial charge in [0.15, 0.2) is 0 Å². The van der Waals surface area contributed by atoms with Crippen molar-refractivity contribution in [3.63, 3.8) is 0 Å². The standard InChI is InChI=1S/C10H18N2O/c1-5-8-12(9-6-2)11(4)10(13)7-3/h5-6H,1-2,7-9H2,3-4H3. The van der Waals surface area contributed by atoms with Crippen LogP contribution in [0.2, 0.25) is 0 Å². The molecule has 0 saturated carbocycles. The fourth-order valence-electron chi connectivity index (χ4n) is 1.00. The maximum absolute atomic E-state index is 11.3. The van der Waals surface area contributed by atoms with E-state index >= 15 is 0 Å². The molecule has 0 aliphatic carbocycles. The molecule has 0 atom stereocenters. The van der Waals surface area contributed by atoms with Crippen LogP contribution in [0.5, 0.6) is 0 Å². The van der Waals surface area contributed by atoms with Gasteiger partial charge in [-0.1, -0.05) is 19.1 Å². The molecule has 74 valence electrons. The van der Waals surface area contributed by atoms with Gasteiger partial charge in [0.1, 0.15) is 0 Å². The number of hydrazine groups is 1. The molecule has 0 N–H and O–H groups in total. The third kappa shape index (κ3) is 3.90. The summed E-state index contributed by atoms with van der Waals surface area (Å²) < 4.78 is 0. The topological polar surface area (TPSA) is 23.6 Å². The van der Waals surface area contributed by atoms with Gasteiger partial charge in [-0.15, -0.1) is 13.2 Å². The van der Waals surface area contributed by atoms with Crippen molar-refractivity contribution in [1.29, 1.82) is 0 Å². The second-order valence-electron chi connectivity index (χ2n) is 2.72. The molecule has 0 radical (unpaired) electrons. The first-order chi connectivity index (χ1) is 6.17. The van der Waals surface area contributed by atoms with Crippen molar-refractivity contribution < 1.29 is 4.79 Å².